The first-order valence-electron chi connectivity index (χ1n) is 16.4. The fourth-order valence-corrected chi connectivity index (χ4v) is 6.83. The molecule has 2 aromatic rings. The maximum Gasteiger partial charge on any atom is 0.410 e. The van der Waals surface area contributed by atoms with Gasteiger partial charge in [-0.3, -0.25) is 19.6 Å². The lowest BCUT2D eigenvalue weighted by Gasteiger charge is -2.50. The van der Waals surface area contributed by atoms with Crippen LogP contribution in [-0.2, 0) is 26.1 Å². The van der Waals surface area contributed by atoms with Crippen LogP contribution in [0.3, 0.4) is 0 Å². The van der Waals surface area contributed by atoms with E-state index in [1.165, 1.54) is 12.1 Å². The van der Waals surface area contributed by atoms with Gasteiger partial charge in [0.2, 0.25) is 5.91 Å². The molecule has 0 bridgehead atoms. The minimum atomic E-state index is -0.648. The molecule has 0 spiro atoms. The van der Waals surface area contributed by atoms with Crippen molar-refractivity contribution in [1.29, 1.82) is 0 Å². The van der Waals surface area contributed by atoms with Crippen LogP contribution >= 0.6 is 0 Å². The van der Waals surface area contributed by atoms with Gasteiger partial charge >= 0.3 is 6.09 Å². The van der Waals surface area contributed by atoms with E-state index in [9.17, 15) is 23.5 Å². The quantitative estimate of drug-likeness (QED) is 0.478. The second-order valence-electron chi connectivity index (χ2n) is 15.2. The Morgan fingerprint density at radius 3 is 2.57 bits per heavy atom. The molecule has 2 amide bonds. The van der Waals surface area contributed by atoms with Crippen LogP contribution in [0.5, 0.6) is 0 Å². The summed E-state index contributed by atoms with van der Waals surface area (Å²) in [5.74, 6) is -1.36. The molecule has 1 unspecified atom stereocenters. The summed E-state index contributed by atoms with van der Waals surface area (Å²) < 4.78 is 39.4. The smallest absolute Gasteiger partial charge is 0.410 e. The Bertz CT molecular complexity index is 1480. The lowest BCUT2D eigenvalue weighted by Crippen LogP contribution is -2.66. The molecule has 258 valence electrons. The van der Waals surface area contributed by atoms with Crippen molar-refractivity contribution in [3.63, 3.8) is 0 Å². The van der Waals surface area contributed by atoms with E-state index in [1.807, 2.05) is 40.7 Å². The summed E-state index contributed by atoms with van der Waals surface area (Å²) in [6, 6.07) is 4.93. The SMILES string of the molecule is C[C@@H]1CN(CC(=O)N2CC(C)(C)c3cnc(Cc4ccc(F)cc4F)cc32)[C@@H](CN2CCOCC2(C)CO)CN1C(=O)OC(C)(C)C. The van der Waals surface area contributed by atoms with Crippen LogP contribution in [-0.4, -0.2) is 119 Å². The summed E-state index contributed by atoms with van der Waals surface area (Å²) in [6.07, 6.45) is 1.54. The van der Waals surface area contributed by atoms with Gasteiger partial charge in [-0.15, -0.1) is 0 Å². The zero-order chi connectivity index (χ0) is 34.3. The number of pyridine rings is 1. The number of piperazine rings is 1. The van der Waals surface area contributed by atoms with Crippen LogP contribution in [0.1, 0.15) is 65.3 Å². The van der Waals surface area contributed by atoms with Gasteiger partial charge in [0.1, 0.15) is 17.2 Å². The zero-order valence-corrected chi connectivity index (χ0v) is 28.7. The highest BCUT2D eigenvalue weighted by molar-refractivity contribution is 5.97. The molecule has 47 heavy (non-hydrogen) atoms. The summed E-state index contributed by atoms with van der Waals surface area (Å²) in [6.45, 7) is 17.0. The number of morpholine rings is 1. The van der Waals surface area contributed by atoms with E-state index in [4.69, 9.17) is 9.47 Å². The lowest BCUT2D eigenvalue weighted by molar-refractivity contribution is -0.123. The molecule has 0 radical (unpaired) electrons. The molecule has 1 aromatic heterocycles. The molecule has 3 aliphatic rings. The normalized spacial score (nSPS) is 25.1. The molecular formula is C35H49F2N5O5. The fraction of sp³-hybridized carbons (Fsp3) is 0.629. The number of aliphatic hydroxyl groups excluding tert-OH is 1. The second kappa shape index (κ2) is 13.4. The minimum absolute atomic E-state index is 0.0807. The summed E-state index contributed by atoms with van der Waals surface area (Å²) in [5.41, 5.74) is 0.997. The van der Waals surface area contributed by atoms with E-state index in [-0.39, 0.29) is 49.1 Å². The first-order chi connectivity index (χ1) is 22.0. The second-order valence-corrected chi connectivity index (χ2v) is 15.2. The van der Waals surface area contributed by atoms with Gasteiger partial charge in [0, 0.05) is 80.2 Å². The van der Waals surface area contributed by atoms with Gasteiger partial charge in [0.15, 0.2) is 0 Å². The van der Waals surface area contributed by atoms with Crippen LogP contribution in [0.15, 0.2) is 30.5 Å². The molecule has 10 nitrogen and oxygen atoms in total. The summed E-state index contributed by atoms with van der Waals surface area (Å²) in [7, 11) is 0. The Hall–Kier alpha value is -3.19. The number of carbonyl (C=O) groups excluding carboxylic acids is 2. The highest BCUT2D eigenvalue weighted by Gasteiger charge is 2.44. The van der Waals surface area contributed by atoms with Crippen LogP contribution in [0.2, 0.25) is 0 Å². The third-order valence-electron chi connectivity index (χ3n) is 9.57. The van der Waals surface area contributed by atoms with Crippen LogP contribution in [0.4, 0.5) is 19.3 Å². The predicted molar refractivity (Wildman–Crippen MR) is 174 cm³/mol. The van der Waals surface area contributed by atoms with Crippen LogP contribution in [0, 0.1) is 11.6 Å². The van der Waals surface area contributed by atoms with Crippen molar-refractivity contribution in [3.05, 3.63) is 58.9 Å². The number of anilines is 1. The van der Waals surface area contributed by atoms with Gasteiger partial charge < -0.3 is 24.4 Å². The molecule has 2 saturated heterocycles. The number of aliphatic hydroxyl groups is 1. The number of benzene rings is 1. The number of halogens is 2. The number of fused-ring (bicyclic) bond motifs is 1. The number of nitrogens with zero attached hydrogens (tertiary/aromatic N) is 5. The average molecular weight is 658 g/mol. The van der Waals surface area contributed by atoms with Gasteiger partial charge in [-0.05, 0) is 52.3 Å². The first-order valence-corrected chi connectivity index (χ1v) is 16.4. The van der Waals surface area contributed by atoms with E-state index in [1.54, 1.807) is 16.0 Å². The Morgan fingerprint density at radius 1 is 1.15 bits per heavy atom. The Morgan fingerprint density at radius 2 is 1.89 bits per heavy atom. The van der Waals surface area contributed by atoms with E-state index in [0.717, 1.165) is 17.3 Å². The molecule has 12 heteroatoms. The molecule has 0 saturated carbocycles. The number of carbonyl (C=O) groups is 2. The maximum atomic E-state index is 14.5. The predicted octanol–water partition coefficient (Wildman–Crippen LogP) is 3.97. The lowest BCUT2D eigenvalue weighted by atomic mass is 9.88. The summed E-state index contributed by atoms with van der Waals surface area (Å²) in [4.78, 5) is 40.0. The van der Waals surface area contributed by atoms with Crippen molar-refractivity contribution in [3.8, 4) is 0 Å². The molecule has 5 rings (SSSR count). The van der Waals surface area contributed by atoms with Gasteiger partial charge in [-0.1, -0.05) is 19.9 Å². The largest absolute Gasteiger partial charge is 0.444 e. The number of rotatable bonds is 7. The first kappa shape index (κ1) is 35.1. The number of hydrogen-bond acceptors (Lipinski definition) is 8. The van der Waals surface area contributed by atoms with Crippen LogP contribution < -0.4 is 4.90 Å². The topological polar surface area (TPSA) is 98.7 Å². The molecule has 4 heterocycles. The molecule has 2 fully saturated rings. The number of amides is 2. The number of ether oxygens (including phenoxy) is 2. The third kappa shape index (κ3) is 7.77. The standard InChI is InChI=1S/C35H49F2N5O5/c1-23-16-39(27(18-41(23)32(45)47-33(2,3)4)17-40-10-11-46-22-35(40,7)21-43)19-31(44)42-20-34(5,6)28-15-38-26(14-30(28)42)12-24-8-9-25(36)13-29(24)37/h8-9,13-15,23,27,43H,10-12,16-22H2,1-7H3/t23-,27+,35?/m1/s1. The zero-order valence-electron chi connectivity index (χ0n) is 28.7. The van der Waals surface area contributed by atoms with Gasteiger partial charge in [-0.25, -0.2) is 13.6 Å². The van der Waals surface area contributed by atoms with Crippen molar-refractivity contribution in [1.82, 2.24) is 19.7 Å². The molecule has 3 atom stereocenters. The molecule has 1 aromatic carbocycles. The number of aromatic nitrogens is 1. The summed E-state index contributed by atoms with van der Waals surface area (Å²) >= 11 is 0. The van der Waals surface area contributed by atoms with E-state index in [0.29, 0.717) is 57.2 Å². The van der Waals surface area contributed by atoms with Crippen molar-refractivity contribution in [2.45, 2.75) is 83.5 Å². The molecular weight excluding hydrogens is 608 g/mol. The van der Waals surface area contributed by atoms with Crippen LogP contribution in [0.25, 0.3) is 0 Å². The van der Waals surface area contributed by atoms with Crippen molar-refractivity contribution < 1.29 is 33.0 Å². The third-order valence-corrected chi connectivity index (χ3v) is 9.57. The highest BCUT2D eigenvalue weighted by Crippen LogP contribution is 2.41. The monoisotopic (exact) mass is 657 g/mol. The molecule has 1 N–H and O–H groups in total. The van der Waals surface area contributed by atoms with Crippen molar-refractivity contribution >= 4 is 17.7 Å². The molecule has 3 aliphatic heterocycles. The average Bonchev–Trinajstić information content (AvgIpc) is 3.26. The van der Waals surface area contributed by atoms with E-state index in [2.05, 4.69) is 28.6 Å². The van der Waals surface area contributed by atoms with Gasteiger partial charge in [0.05, 0.1) is 37.6 Å². The van der Waals surface area contributed by atoms with E-state index >= 15 is 0 Å². The number of hydrogen-bond donors (Lipinski definition) is 1. The Balaban J connectivity index is 1.39. The van der Waals surface area contributed by atoms with Gasteiger partial charge in [-0.2, -0.15) is 0 Å². The van der Waals surface area contributed by atoms with Crippen molar-refractivity contribution in [2.24, 2.45) is 0 Å². The maximum absolute atomic E-state index is 14.5. The fourth-order valence-electron chi connectivity index (χ4n) is 6.83. The minimum Gasteiger partial charge on any atom is -0.444 e. The van der Waals surface area contributed by atoms with E-state index < -0.39 is 22.8 Å². The Kier molecular flexibility index (Phi) is 9.99. The Labute approximate surface area is 276 Å². The van der Waals surface area contributed by atoms with Gasteiger partial charge in [0.25, 0.3) is 0 Å². The highest BCUT2D eigenvalue weighted by atomic mass is 19.1. The van der Waals surface area contributed by atoms with Crippen molar-refractivity contribution in [2.75, 3.05) is 64.0 Å². The summed E-state index contributed by atoms with van der Waals surface area (Å²) in [5, 5.41) is 10.3. The molecule has 0 aliphatic carbocycles.